The second kappa shape index (κ2) is 14.0. The van der Waals surface area contributed by atoms with E-state index in [1.54, 1.807) is 32.1 Å². The van der Waals surface area contributed by atoms with E-state index in [2.05, 4.69) is 16.1 Å². The number of fused-ring (bicyclic) bond motifs is 4. The highest BCUT2D eigenvalue weighted by molar-refractivity contribution is 5.92. The molecule has 47 heavy (non-hydrogen) atoms. The number of hydrazine groups is 1. The van der Waals surface area contributed by atoms with Gasteiger partial charge >= 0.3 is 5.97 Å². The molecule has 0 saturated carbocycles. The highest BCUT2D eigenvalue weighted by atomic mass is 19.1. The van der Waals surface area contributed by atoms with Gasteiger partial charge in [-0.3, -0.25) is 29.2 Å². The van der Waals surface area contributed by atoms with Gasteiger partial charge in [-0.2, -0.15) is 0 Å². The van der Waals surface area contributed by atoms with Crippen molar-refractivity contribution in [1.29, 1.82) is 0 Å². The molecule has 3 aliphatic rings. The lowest BCUT2D eigenvalue weighted by molar-refractivity contribution is -0.305. The molecule has 1 unspecified atom stereocenters. The Morgan fingerprint density at radius 1 is 0.979 bits per heavy atom. The third-order valence-electron chi connectivity index (χ3n) is 8.73. The van der Waals surface area contributed by atoms with Crippen LogP contribution in [0.15, 0.2) is 36.4 Å². The maximum absolute atomic E-state index is 13.9. The van der Waals surface area contributed by atoms with Crippen LogP contribution in [0.1, 0.15) is 57.8 Å². The Morgan fingerprint density at radius 2 is 1.66 bits per heavy atom. The van der Waals surface area contributed by atoms with Crippen LogP contribution in [0.4, 0.5) is 8.78 Å². The quantitative estimate of drug-likeness (QED) is 0.424. The van der Waals surface area contributed by atoms with Gasteiger partial charge in [0.05, 0.1) is 30.5 Å². The zero-order valence-electron chi connectivity index (χ0n) is 26.9. The molecule has 14 heteroatoms. The van der Waals surface area contributed by atoms with E-state index in [9.17, 15) is 28.0 Å². The lowest BCUT2D eigenvalue weighted by Gasteiger charge is -2.41. The Balaban J connectivity index is 1.54. The first-order valence-electron chi connectivity index (χ1n) is 15.8. The Morgan fingerprint density at radius 3 is 2.34 bits per heavy atom. The number of nitrogens with zero attached hydrogens (tertiary/aromatic N) is 2. The monoisotopic (exact) mass is 657 g/mol. The standard InChI is InChI=1S/C33H41F2N5O7/c1-19(2)27-29(42)37-21(4)30(43)40-13-5-6-25(39-40)28(41)36-20(3)24-10-9-23-8-7-22(14-26(23)38-24)11-12-32(31(44)47-27)17-45-33(15-34,16-35)46-18-32/h7-12,14,19-21,25,27,39H,5-6,13,15-18H2,1-4H3,(H,36,41)(H,37,42)/b12-11+/t20-,21+,25+,27?/m1/s1. The summed E-state index contributed by atoms with van der Waals surface area (Å²) in [7, 11) is 0. The van der Waals surface area contributed by atoms with Crippen molar-refractivity contribution >= 4 is 40.7 Å². The second-order valence-corrected chi connectivity index (χ2v) is 12.8. The highest BCUT2D eigenvalue weighted by Gasteiger charge is 2.50. The van der Waals surface area contributed by atoms with Gasteiger partial charge in [-0.15, -0.1) is 0 Å². The predicted octanol–water partition coefficient (Wildman–Crippen LogP) is 2.68. The van der Waals surface area contributed by atoms with Crippen molar-refractivity contribution in [2.24, 2.45) is 11.3 Å². The average Bonchev–Trinajstić information content (AvgIpc) is 3.08. The summed E-state index contributed by atoms with van der Waals surface area (Å²) in [6.45, 7) is 3.48. The van der Waals surface area contributed by atoms with Crippen molar-refractivity contribution in [2.45, 2.75) is 70.6 Å². The van der Waals surface area contributed by atoms with E-state index in [4.69, 9.17) is 19.2 Å². The molecule has 1 aromatic heterocycles. The molecule has 5 bridgehead atoms. The van der Waals surface area contributed by atoms with E-state index in [1.165, 1.54) is 18.0 Å². The topological polar surface area (TPSA) is 148 Å². The Bertz CT molecular complexity index is 1540. The van der Waals surface area contributed by atoms with E-state index in [0.717, 1.165) is 5.39 Å². The van der Waals surface area contributed by atoms with Crippen LogP contribution in [0, 0.1) is 11.3 Å². The number of aromatic nitrogens is 1. The van der Waals surface area contributed by atoms with E-state index < -0.39 is 85.7 Å². The lowest BCUT2D eigenvalue weighted by Crippen LogP contribution is -2.61. The fourth-order valence-corrected chi connectivity index (χ4v) is 5.66. The average molecular weight is 658 g/mol. The Kier molecular flexibility index (Phi) is 10.2. The van der Waals surface area contributed by atoms with Crippen LogP contribution < -0.4 is 16.1 Å². The zero-order chi connectivity index (χ0) is 33.9. The second-order valence-electron chi connectivity index (χ2n) is 12.8. The van der Waals surface area contributed by atoms with Crippen LogP contribution in [0.3, 0.4) is 0 Å². The molecule has 0 aliphatic carbocycles. The Labute approximate surface area is 271 Å². The molecule has 1 spiro atoms. The number of rotatable bonds is 3. The van der Waals surface area contributed by atoms with Gasteiger partial charge in [0.25, 0.3) is 11.8 Å². The predicted molar refractivity (Wildman–Crippen MR) is 167 cm³/mol. The van der Waals surface area contributed by atoms with Crippen molar-refractivity contribution in [3.05, 3.63) is 47.7 Å². The smallest absolute Gasteiger partial charge is 0.321 e. The molecule has 2 aromatic rings. The van der Waals surface area contributed by atoms with Crippen LogP contribution in [-0.4, -0.2) is 90.8 Å². The van der Waals surface area contributed by atoms with Gasteiger partial charge in [0.1, 0.15) is 30.8 Å². The summed E-state index contributed by atoms with van der Waals surface area (Å²) < 4.78 is 44.1. The Hall–Kier alpha value is -4.01. The number of alkyl halides is 2. The van der Waals surface area contributed by atoms with E-state index >= 15 is 0 Å². The lowest BCUT2D eigenvalue weighted by atomic mass is 9.87. The minimum absolute atomic E-state index is 0.297. The molecule has 12 nitrogen and oxygen atoms in total. The molecule has 2 fully saturated rings. The molecule has 4 heterocycles. The maximum Gasteiger partial charge on any atom is 0.321 e. The molecular weight excluding hydrogens is 616 g/mol. The largest absolute Gasteiger partial charge is 0.451 e. The third-order valence-corrected chi connectivity index (χ3v) is 8.73. The summed E-state index contributed by atoms with van der Waals surface area (Å²) in [5, 5.41) is 7.75. The fourth-order valence-electron chi connectivity index (χ4n) is 5.66. The number of amides is 3. The number of cyclic esters (lactones) is 1. The van der Waals surface area contributed by atoms with E-state index in [-0.39, 0.29) is 5.91 Å². The van der Waals surface area contributed by atoms with Gasteiger partial charge in [0.15, 0.2) is 6.10 Å². The minimum Gasteiger partial charge on any atom is -0.451 e. The normalized spacial score (nSPS) is 27.8. The number of hydrogen-bond donors (Lipinski definition) is 3. The molecule has 0 radical (unpaired) electrons. The molecule has 4 atom stereocenters. The van der Waals surface area contributed by atoms with E-state index in [0.29, 0.717) is 36.2 Å². The number of benzene rings is 1. The molecule has 3 N–H and O–H groups in total. The number of halogens is 2. The summed E-state index contributed by atoms with van der Waals surface area (Å²) in [6.07, 6.45) is 2.83. The van der Waals surface area contributed by atoms with Gasteiger partial charge in [-0.25, -0.2) is 14.2 Å². The molecule has 1 aromatic carbocycles. The van der Waals surface area contributed by atoms with Crippen molar-refractivity contribution < 1.29 is 42.2 Å². The molecular formula is C33H41F2N5O7. The number of carbonyl (C=O) groups excluding carboxylic acids is 4. The van der Waals surface area contributed by atoms with Gasteiger partial charge in [0, 0.05) is 11.9 Å². The van der Waals surface area contributed by atoms with Crippen LogP contribution in [0.5, 0.6) is 0 Å². The van der Waals surface area contributed by atoms with Crippen LogP contribution in [-0.2, 0) is 33.4 Å². The first kappa shape index (κ1) is 34.3. The number of nitrogens with one attached hydrogen (secondary N) is 3. The molecule has 2 saturated heterocycles. The fraction of sp³-hybridized carbons (Fsp3) is 0.545. The van der Waals surface area contributed by atoms with Crippen LogP contribution >= 0.6 is 0 Å². The number of pyridine rings is 1. The van der Waals surface area contributed by atoms with Gasteiger partial charge in [0.2, 0.25) is 11.7 Å². The van der Waals surface area contributed by atoms with Crippen LogP contribution in [0.25, 0.3) is 17.0 Å². The van der Waals surface area contributed by atoms with Crippen molar-refractivity contribution in [3.63, 3.8) is 0 Å². The highest BCUT2D eigenvalue weighted by Crippen LogP contribution is 2.35. The molecule has 3 amide bonds. The summed E-state index contributed by atoms with van der Waals surface area (Å²) in [4.78, 5) is 58.7. The SMILES string of the molecule is CC(C)C1OC(=O)C2(/C=C/c3ccc4ccc(nc4c3)[C@@H](C)NC(=O)[C@@H]3CCCN(N3)C(=O)[C@H](C)NC1=O)COC(CF)(CF)OC2. The summed E-state index contributed by atoms with van der Waals surface area (Å²) in [6, 6.07) is 6.98. The maximum atomic E-state index is 13.9. The number of ether oxygens (including phenoxy) is 3. The molecule has 5 rings (SSSR count). The van der Waals surface area contributed by atoms with Gasteiger partial charge in [-0.1, -0.05) is 44.2 Å². The number of hydrogen-bond acceptors (Lipinski definition) is 9. The summed E-state index contributed by atoms with van der Waals surface area (Å²) in [5.74, 6) is -5.06. The first-order chi connectivity index (χ1) is 22.4. The summed E-state index contributed by atoms with van der Waals surface area (Å²) >= 11 is 0. The van der Waals surface area contributed by atoms with Crippen LogP contribution in [0.2, 0.25) is 0 Å². The van der Waals surface area contributed by atoms with Gasteiger partial charge < -0.3 is 24.8 Å². The van der Waals surface area contributed by atoms with E-state index in [1.807, 2.05) is 25.1 Å². The van der Waals surface area contributed by atoms with Crippen molar-refractivity contribution in [2.75, 3.05) is 33.1 Å². The zero-order valence-corrected chi connectivity index (χ0v) is 26.9. The van der Waals surface area contributed by atoms with Gasteiger partial charge in [-0.05, 0) is 50.3 Å². The van der Waals surface area contributed by atoms with Crippen molar-refractivity contribution in [3.8, 4) is 0 Å². The number of esters is 1. The number of carbonyl (C=O) groups is 4. The molecule has 3 aliphatic heterocycles. The third kappa shape index (κ3) is 7.29. The minimum atomic E-state index is -2.15. The molecule has 254 valence electrons. The first-order valence-corrected chi connectivity index (χ1v) is 15.8. The summed E-state index contributed by atoms with van der Waals surface area (Å²) in [5.41, 5.74) is 3.19. The van der Waals surface area contributed by atoms with Crippen molar-refractivity contribution in [1.82, 2.24) is 26.1 Å².